The number of nitrogens with zero attached hydrogens (tertiary/aromatic N) is 1. The van der Waals surface area contributed by atoms with Crippen LogP contribution in [0.5, 0.6) is 0 Å². The summed E-state index contributed by atoms with van der Waals surface area (Å²) in [5, 5.41) is 0. The van der Waals surface area contributed by atoms with E-state index in [2.05, 4.69) is 37.8 Å². The number of nitrogens with two attached hydrogens (primary N) is 1. The van der Waals surface area contributed by atoms with Gasteiger partial charge in [-0.15, -0.1) is 0 Å². The molecular formula is C16H28N2. The first-order chi connectivity index (χ1) is 8.65. The maximum atomic E-state index is 5.99. The lowest BCUT2D eigenvalue weighted by atomic mass is 10.1. The fourth-order valence-electron chi connectivity index (χ4n) is 2.22. The predicted molar refractivity (Wildman–Crippen MR) is 80.8 cm³/mol. The van der Waals surface area contributed by atoms with E-state index in [0.717, 1.165) is 18.7 Å². The zero-order valence-corrected chi connectivity index (χ0v) is 12.2. The largest absolute Gasteiger partial charge is 0.399 e. The lowest BCUT2D eigenvalue weighted by molar-refractivity contribution is 0.220. The van der Waals surface area contributed by atoms with Crippen LogP contribution in [0.4, 0.5) is 5.69 Å². The zero-order chi connectivity index (χ0) is 13.4. The highest BCUT2D eigenvalue weighted by Crippen LogP contribution is 2.13. The third-order valence-corrected chi connectivity index (χ3v) is 3.50. The maximum absolute atomic E-state index is 5.99. The van der Waals surface area contributed by atoms with E-state index in [-0.39, 0.29) is 0 Å². The van der Waals surface area contributed by atoms with E-state index >= 15 is 0 Å². The summed E-state index contributed by atoms with van der Waals surface area (Å²) >= 11 is 0. The first-order valence-electron chi connectivity index (χ1n) is 7.22. The molecule has 1 aromatic carbocycles. The van der Waals surface area contributed by atoms with Crippen LogP contribution >= 0.6 is 0 Å². The Hall–Kier alpha value is -1.02. The van der Waals surface area contributed by atoms with Gasteiger partial charge in [0.1, 0.15) is 0 Å². The summed E-state index contributed by atoms with van der Waals surface area (Å²) in [6.45, 7) is 9.12. The van der Waals surface area contributed by atoms with E-state index < -0.39 is 0 Å². The van der Waals surface area contributed by atoms with E-state index in [1.807, 2.05) is 12.1 Å². The second kappa shape index (κ2) is 8.15. The van der Waals surface area contributed by atoms with E-state index in [1.165, 1.54) is 31.4 Å². The molecule has 0 bridgehead atoms. The molecule has 2 nitrogen and oxygen atoms in total. The minimum atomic E-state index is 0.617. The summed E-state index contributed by atoms with van der Waals surface area (Å²) in [6.07, 6.45) is 4.98. The molecule has 0 saturated heterocycles. The number of para-hydroxylation sites is 1. The van der Waals surface area contributed by atoms with Crippen LogP contribution in [-0.2, 0) is 6.42 Å². The van der Waals surface area contributed by atoms with Gasteiger partial charge in [-0.05, 0) is 44.9 Å². The Labute approximate surface area is 112 Å². The Morgan fingerprint density at radius 3 is 2.44 bits per heavy atom. The maximum Gasteiger partial charge on any atom is 0.0347 e. The molecule has 0 amide bonds. The van der Waals surface area contributed by atoms with E-state index in [1.54, 1.807) is 0 Å². The highest BCUT2D eigenvalue weighted by molar-refractivity contribution is 5.46. The van der Waals surface area contributed by atoms with Gasteiger partial charge in [-0.1, -0.05) is 38.0 Å². The summed E-state index contributed by atoms with van der Waals surface area (Å²) < 4.78 is 0. The van der Waals surface area contributed by atoms with Crippen molar-refractivity contribution < 1.29 is 0 Å². The lowest BCUT2D eigenvalue weighted by Crippen LogP contribution is -2.33. The van der Waals surface area contributed by atoms with Crippen molar-refractivity contribution in [3.8, 4) is 0 Å². The van der Waals surface area contributed by atoms with Gasteiger partial charge in [-0.3, -0.25) is 0 Å². The molecule has 102 valence electrons. The van der Waals surface area contributed by atoms with E-state index in [9.17, 15) is 0 Å². The number of hydrogen-bond donors (Lipinski definition) is 1. The first kappa shape index (κ1) is 15.0. The Balaban J connectivity index is 2.44. The number of benzene rings is 1. The fraction of sp³-hybridized carbons (Fsp3) is 0.625. The van der Waals surface area contributed by atoms with Gasteiger partial charge in [0.2, 0.25) is 0 Å². The van der Waals surface area contributed by atoms with Crippen LogP contribution in [0, 0.1) is 0 Å². The Morgan fingerprint density at radius 2 is 1.83 bits per heavy atom. The molecule has 0 atom stereocenters. The van der Waals surface area contributed by atoms with Crippen molar-refractivity contribution >= 4 is 5.69 Å². The summed E-state index contributed by atoms with van der Waals surface area (Å²) in [5.74, 6) is 0. The number of hydrogen-bond acceptors (Lipinski definition) is 2. The van der Waals surface area contributed by atoms with Crippen molar-refractivity contribution in [2.75, 3.05) is 18.8 Å². The second-order valence-corrected chi connectivity index (χ2v) is 5.29. The smallest absolute Gasteiger partial charge is 0.0347 e. The SMILES string of the molecule is CCCCCN(CCc1ccccc1N)C(C)C. The number of unbranched alkanes of at least 4 members (excludes halogenated alkanes) is 2. The van der Waals surface area contributed by atoms with Gasteiger partial charge < -0.3 is 10.6 Å². The molecular weight excluding hydrogens is 220 g/mol. The predicted octanol–water partition coefficient (Wildman–Crippen LogP) is 3.71. The summed E-state index contributed by atoms with van der Waals surface area (Å²) in [6, 6.07) is 8.82. The lowest BCUT2D eigenvalue weighted by Gasteiger charge is -2.26. The molecule has 1 aromatic rings. The van der Waals surface area contributed by atoms with Crippen molar-refractivity contribution in [2.24, 2.45) is 0 Å². The summed E-state index contributed by atoms with van der Waals surface area (Å²) in [5.41, 5.74) is 8.19. The second-order valence-electron chi connectivity index (χ2n) is 5.29. The van der Waals surface area contributed by atoms with Gasteiger partial charge in [0.25, 0.3) is 0 Å². The average molecular weight is 248 g/mol. The standard InChI is InChI=1S/C16H28N2/c1-4-5-8-12-18(14(2)3)13-11-15-9-6-7-10-16(15)17/h6-7,9-10,14H,4-5,8,11-13,17H2,1-3H3. The van der Waals surface area contributed by atoms with Gasteiger partial charge >= 0.3 is 0 Å². The molecule has 0 heterocycles. The van der Waals surface area contributed by atoms with Gasteiger partial charge in [0, 0.05) is 18.3 Å². The number of nitrogen functional groups attached to an aromatic ring is 1. The van der Waals surface area contributed by atoms with E-state index in [0.29, 0.717) is 6.04 Å². The number of anilines is 1. The van der Waals surface area contributed by atoms with Crippen LogP contribution in [-0.4, -0.2) is 24.0 Å². The highest BCUT2D eigenvalue weighted by atomic mass is 15.1. The molecule has 1 rings (SSSR count). The zero-order valence-electron chi connectivity index (χ0n) is 12.2. The van der Waals surface area contributed by atoms with Crippen LogP contribution in [0.1, 0.15) is 45.6 Å². The average Bonchev–Trinajstić information content (AvgIpc) is 2.35. The van der Waals surface area contributed by atoms with Gasteiger partial charge in [-0.2, -0.15) is 0 Å². The molecule has 0 aromatic heterocycles. The van der Waals surface area contributed by atoms with Gasteiger partial charge in [0.05, 0.1) is 0 Å². The van der Waals surface area contributed by atoms with Crippen molar-refractivity contribution in [3.05, 3.63) is 29.8 Å². The molecule has 0 aliphatic rings. The fourth-order valence-corrected chi connectivity index (χ4v) is 2.22. The molecule has 0 radical (unpaired) electrons. The first-order valence-corrected chi connectivity index (χ1v) is 7.22. The Morgan fingerprint density at radius 1 is 1.11 bits per heavy atom. The molecule has 2 heteroatoms. The molecule has 0 fully saturated rings. The van der Waals surface area contributed by atoms with Gasteiger partial charge in [0.15, 0.2) is 0 Å². The summed E-state index contributed by atoms with van der Waals surface area (Å²) in [7, 11) is 0. The van der Waals surface area contributed by atoms with Crippen LogP contribution < -0.4 is 5.73 Å². The molecule has 18 heavy (non-hydrogen) atoms. The van der Waals surface area contributed by atoms with Crippen LogP contribution in [0.2, 0.25) is 0 Å². The number of rotatable bonds is 8. The van der Waals surface area contributed by atoms with Crippen molar-refractivity contribution in [1.82, 2.24) is 4.90 Å². The molecule has 2 N–H and O–H groups in total. The van der Waals surface area contributed by atoms with Crippen LogP contribution in [0.25, 0.3) is 0 Å². The Kier molecular flexibility index (Phi) is 6.81. The molecule has 0 unspecified atom stereocenters. The normalized spacial score (nSPS) is 11.4. The molecule has 0 aliphatic carbocycles. The third-order valence-electron chi connectivity index (χ3n) is 3.50. The van der Waals surface area contributed by atoms with Crippen LogP contribution in [0.3, 0.4) is 0 Å². The molecule has 0 aliphatic heterocycles. The Bertz CT molecular complexity index is 334. The van der Waals surface area contributed by atoms with Crippen molar-refractivity contribution in [2.45, 2.75) is 52.5 Å². The van der Waals surface area contributed by atoms with Crippen molar-refractivity contribution in [3.63, 3.8) is 0 Å². The van der Waals surface area contributed by atoms with Gasteiger partial charge in [-0.25, -0.2) is 0 Å². The topological polar surface area (TPSA) is 29.3 Å². The molecule has 0 saturated carbocycles. The summed E-state index contributed by atoms with van der Waals surface area (Å²) in [4.78, 5) is 2.56. The van der Waals surface area contributed by atoms with Crippen LogP contribution in [0.15, 0.2) is 24.3 Å². The molecule has 0 spiro atoms. The van der Waals surface area contributed by atoms with Crippen molar-refractivity contribution in [1.29, 1.82) is 0 Å². The highest BCUT2D eigenvalue weighted by Gasteiger charge is 2.09. The quantitative estimate of drug-likeness (QED) is 0.561. The minimum absolute atomic E-state index is 0.617. The monoisotopic (exact) mass is 248 g/mol. The minimum Gasteiger partial charge on any atom is -0.399 e. The third kappa shape index (κ3) is 5.09. The van der Waals surface area contributed by atoms with E-state index in [4.69, 9.17) is 5.73 Å².